The van der Waals surface area contributed by atoms with Gasteiger partial charge in [-0.3, -0.25) is 4.79 Å². The first-order valence-corrected chi connectivity index (χ1v) is 5.24. The predicted octanol–water partition coefficient (Wildman–Crippen LogP) is 2.85. The van der Waals surface area contributed by atoms with Gasteiger partial charge >= 0.3 is 0 Å². The Labute approximate surface area is 74.5 Å². The molecule has 1 nitrogen and oxygen atoms in total. The van der Waals surface area contributed by atoms with E-state index in [1.54, 1.807) is 0 Å². The van der Waals surface area contributed by atoms with Gasteiger partial charge in [0.15, 0.2) is 0 Å². The maximum Gasteiger partial charge on any atom is 0.205 e. The molecule has 1 heteroatoms. The molecule has 1 radical (unpaired) electrons. The summed E-state index contributed by atoms with van der Waals surface area (Å²) in [6.45, 7) is 0. The molecule has 0 saturated heterocycles. The fraction of sp³-hybridized carbons (Fsp3) is 0.909. The van der Waals surface area contributed by atoms with E-state index in [0.29, 0.717) is 0 Å². The zero-order chi connectivity index (χ0) is 8.44. The maximum absolute atomic E-state index is 10.9. The summed E-state index contributed by atoms with van der Waals surface area (Å²) in [5.74, 6) is 0.850. The Kier molecular flexibility index (Phi) is 2.20. The van der Waals surface area contributed by atoms with Crippen LogP contribution >= 0.6 is 0 Å². The maximum atomic E-state index is 10.9. The van der Waals surface area contributed by atoms with Crippen molar-refractivity contribution in [3.05, 3.63) is 0 Å². The van der Waals surface area contributed by atoms with Crippen LogP contribution in [-0.2, 0) is 4.79 Å². The molecule has 2 fully saturated rings. The minimum Gasteiger partial charge on any atom is -0.290 e. The third-order valence-corrected chi connectivity index (χ3v) is 3.68. The SMILES string of the molecule is O=[C]C12CCCCC(CCC1)C2. The van der Waals surface area contributed by atoms with Crippen LogP contribution in [0.2, 0.25) is 0 Å². The van der Waals surface area contributed by atoms with Gasteiger partial charge in [-0.05, 0) is 25.2 Å². The summed E-state index contributed by atoms with van der Waals surface area (Å²) >= 11 is 0. The highest BCUT2D eigenvalue weighted by Gasteiger charge is 2.38. The van der Waals surface area contributed by atoms with Crippen molar-refractivity contribution < 1.29 is 4.79 Å². The lowest BCUT2D eigenvalue weighted by molar-refractivity contribution is 0.208. The van der Waals surface area contributed by atoms with Gasteiger partial charge in [0.1, 0.15) is 0 Å². The van der Waals surface area contributed by atoms with Gasteiger partial charge in [-0.2, -0.15) is 0 Å². The summed E-state index contributed by atoms with van der Waals surface area (Å²) in [7, 11) is 0. The van der Waals surface area contributed by atoms with Gasteiger partial charge in [0, 0.05) is 5.41 Å². The molecule has 2 saturated carbocycles. The third-order valence-electron chi connectivity index (χ3n) is 3.68. The Bertz CT molecular complexity index is 176. The van der Waals surface area contributed by atoms with Crippen molar-refractivity contribution in [2.75, 3.05) is 0 Å². The Balaban J connectivity index is 2.13. The number of hydrogen-bond acceptors (Lipinski definition) is 1. The van der Waals surface area contributed by atoms with Crippen molar-refractivity contribution in [3.8, 4) is 0 Å². The molecular formula is C11H17O. The first-order valence-electron chi connectivity index (χ1n) is 5.24. The quantitative estimate of drug-likeness (QED) is 0.584. The molecule has 0 aromatic rings. The van der Waals surface area contributed by atoms with Crippen molar-refractivity contribution in [1.82, 2.24) is 0 Å². The molecule has 2 atom stereocenters. The van der Waals surface area contributed by atoms with Gasteiger partial charge in [0.2, 0.25) is 6.29 Å². The number of carbonyl (C=O) groups excluding carboxylic acids is 1. The molecule has 0 aromatic carbocycles. The van der Waals surface area contributed by atoms with E-state index in [-0.39, 0.29) is 5.41 Å². The molecule has 2 aliphatic rings. The lowest BCUT2D eigenvalue weighted by Gasteiger charge is -2.33. The van der Waals surface area contributed by atoms with Crippen LogP contribution in [0.25, 0.3) is 0 Å². The highest BCUT2D eigenvalue weighted by Crippen LogP contribution is 2.45. The summed E-state index contributed by atoms with van der Waals surface area (Å²) < 4.78 is 0. The zero-order valence-corrected chi connectivity index (χ0v) is 7.64. The van der Waals surface area contributed by atoms with Crippen LogP contribution < -0.4 is 0 Å². The average molecular weight is 165 g/mol. The van der Waals surface area contributed by atoms with E-state index < -0.39 is 0 Å². The van der Waals surface area contributed by atoms with E-state index in [1.165, 1.54) is 32.1 Å². The standard InChI is InChI=1S/C11H17O/c12-9-11-6-2-1-4-10(8-11)5-3-7-11/h10H,1-8H2. The second kappa shape index (κ2) is 3.20. The van der Waals surface area contributed by atoms with Crippen LogP contribution in [0.4, 0.5) is 0 Å². The fourth-order valence-corrected chi connectivity index (χ4v) is 3.00. The Morgan fingerprint density at radius 1 is 1.08 bits per heavy atom. The van der Waals surface area contributed by atoms with Gasteiger partial charge in [-0.15, -0.1) is 0 Å². The summed E-state index contributed by atoms with van der Waals surface area (Å²) in [5, 5.41) is 0. The van der Waals surface area contributed by atoms with Crippen LogP contribution in [0.5, 0.6) is 0 Å². The minimum absolute atomic E-state index is 0.000579. The number of hydrogen-bond donors (Lipinski definition) is 0. The molecule has 12 heavy (non-hydrogen) atoms. The summed E-state index contributed by atoms with van der Waals surface area (Å²) in [6, 6.07) is 0. The van der Waals surface area contributed by atoms with Crippen LogP contribution in [0.15, 0.2) is 0 Å². The molecule has 67 valence electrons. The minimum atomic E-state index is -0.000579. The molecule has 0 amide bonds. The van der Waals surface area contributed by atoms with Gasteiger partial charge in [-0.25, -0.2) is 0 Å². The van der Waals surface area contributed by atoms with Gasteiger partial charge in [-0.1, -0.05) is 32.1 Å². The second-order valence-electron chi connectivity index (χ2n) is 4.59. The fourth-order valence-electron chi connectivity index (χ4n) is 3.00. The molecule has 0 aromatic heterocycles. The first-order chi connectivity index (χ1) is 5.85. The van der Waals surface area contributed by atoms with Crippen LogP contribution in [0.3, 0.4) is 0 Å². The van der Waals surface area contributed by atoms with E-state index in [4.69, 9.17) is 0 Å². The molecule has 0 aliphatic heterocycles. The van der Waals surface area contributed by atoms with Gasteiger partial charge in [0.25, 0.3) is 0 Å². The van der Waals surface area contributed by atoms with Gasteiger partial charge in [0.05, 0.1) is 0 Å². The van der Waals surface area contributed by atoms with Crippen molar-refractivity contribution in [1.29, 1.82) is 0 Å². The van der Waals surface area contributed by atoms with E-state index in [9.17, 15) is 4.79 Å². The zero-order valence-electron chi connectivity index (χ0n) is 7.64. The Hall–Kier alpha value is -0.330. The van der Waals surface area contributed by atoms with Gasteiger partial charge < -0.3 is 0 Å². The summed E-state index contributed by atoms with van der Waals surface area (Å²) in [6.07, 6.45) is 12.3. The first kappa shape index (κ1) is 8.28. The second-order valence-corrected chi connectivity index (χ2v) is 4.59. The van der Waals surface area contributed by atoms with Crippen molar-refractivity contribution >= 4 is 6.29 Å². The monoisotopic (exact) mass is 165 g/mol. The summed E-state index contributed by atoms with van der Waals surface area (Å²) in [5.41, 5.74) is -0.000579. The van der Waals surface area contributed by atoms with Crippen LogP contribution in [-0.4, -0.2) is 6.29 Å². The average Bonchev–Trinajstić information content (AvgIpc) is 2.26. The normalized spacial score (nSPS) is 41.8. The van der Waals surface area contributed by atoms with E-state index in [1.807, 2.05) is 0 Å². The Morgan fingerprint density at radius 2 is 1.83 bits per heavy atom. The molecule has 0 spiro atoms. The Morgan fingerprint density at radius 3 is 2.67 bits per heavy atom. The topological polar surface area (TPSA) is 17.1 Å². The molecule has 0 heterocycles. The lowest BCUT2D eigenvalue weighted by Crippen LogP contribution is -2.28. The molecule has 2 bridgehead atoms. The molecule has 2 rings (SSSR count). The van der Waals surface area contributed by atoms with E-state index in [0.717, 1.165) is 25.2 Å². The van der Waals surface area contributed by atoms with Crippen LogP contribution in [0.1, 0.15) is 51.4 Å². The summed E-state index contributed by atoms with van der Waals surface area (Å²) in [4.78, 5) is 10.9. The van der Waals surface area contributed by atoms with E-state index >= 15 is 0 Å². The highest BCUT2D eigenvalue weighted by molar-refractivity contribution is 5.60. The number of rotatable bonds is 1. The molecule has 2 unspecified atom stereocenters. The van der Waals surface area contributed by atoms with Crippen LogP contribution in [0, 0.1) is 11.3 Å². The van der Waals surface area contributed by atoms with Crippen molar-refractivity contribution in [3.63, 3.8) is 0 Å². The van der Waals surface area contributed by atoms with E-state index in [2.05, 4.69) is 6.29 Å². The molecule has 0 N–H and O–H groups in total. The number of fused-ring (bicyclic) bond motifs is 2. The van der Waals surface area contributed by atoms with Crippen molar-refractivity contribution in [2.45, 2.75) is 51.4 Å². The van der Waals surface area contributed by atoms with Crippen molar-refractivity contribution in [2.24, 2.45) is 11.3 Å². The molecule has 2 aliphatic carbocycles. The largest absolute Gasteiger partial charge is 0.290 e. The smallest absolute Gasteiger partial charge is 0.205 e. The molecular weight excluding hydrogens is 148 g/mol. The third kappa shape index (κ3) is 1.41. The lowest BCUT2D eigenvalue weighted by atomic mass is 9.69. The predicted molar refractivity (Wildman–Crippen MR) is 48.6 cm³/mol. The highest BCUT2D eigenvalue weighted by atomic mass is 16.1.